The highest BCUT2D eigenvalue weighted by atomic mass is 79.9. The Morgan fingerprint density at radius 3 is 2.73 bits per heavy atom. The largest absolute Gasteiger partial charge is 0.508 e. The zero-order chi connectivity index (χ0) is 23.2. The third-order valence-electron chi connectivity index (χ3n) is 4.06. The molecule has 3 aromatic rings. The summed E-state index contributed by atoms with van der Waals surface area (Å²) in [4.78, 5) is 20.5. The monoisotopic (exact) mass is 569 g/mol. The van der Waals surface area contributed by atoms with Gasteiger partial charge in [0.05, 0.1) is 38.8 Å². The van der Waals surface area contributed by atoms with Crippen LogP contribution >= 0.6 is 55.0 Å². The lowest BCUT2D eigenvalue weighted by atomic mass is 10.2. The second-order valence-corrected chi connectivity index (χ2v) is 10.0. The number of aromatic hydroxyl groups is 1. The number of ether oxygens (including phenoxy) is 1. The second kappa shape index (κ2) is 8.55. The van der Waals surface area contributed by atoms with Gasteiger partial charge >= 0.3 is 5.97 Å². The molecule has 1 aromatic heterocycles. The molecule has 1 aliphatic rings. The maximum Gasteiger partial charge on any atom is 0.329 e. The molecule has 0 bridgehead atoms. The first-order valence-corrected chi connectivity index (χ1v) is 11.6. The molecule has 0 amide bonds. The Kier molecular flexibility index (Phi) is 5.31. The number of carboxylic acid groups (broad SMARTS) is 1. The Hall–Kier alpha value is -2.13. The number of nitrogens with zero attached hydrogens (tertiary/aromatic N) is 3. The summed E-state index contributed by atoms with van der Waals surface area (Å²) in [5.41, 5.74) is 0.694. The maximum atomic E-state index is 11.8. The summed E-state index contributed by atoms with van der Waals surface area (Å²) in [6, 6.07) is 5.04. The highest BCUT2D eigenvalue weighted by Gasteiger charge is 2.37. The molecule has 0 fully saturated rings. The number of hydrogen-bond donors (Lipinski definition) is 2. The minimum atomic E-state index is -1.10. The van der Waals surface area contributed by atoms with Crippen molar-refractivity contribution in [3.05, 3.63) is 49.8 Å². The van der Waals surface area contributed by atoms with Crippen molar-refractivity contribution in [1.82, 2.24) is 4.98 Å². The van der Waals surface area contributed by atoms with Crippen LogP contribution in [0.3, 0.4) is 0 Å². The minimum Gasteiger partial charge on any atom is -0.508 e. The van der Waals surface area contributed by atoms with Crippen LogP contribution in [0.25, 0.3) is 10.2 Å². The Labute approximate surface area is 198 Å². The van der Waals surface area contributed by atoms with Crippen molar-refractivity contribution in [2.45, 2.75) is 11.3 Å². The Bertz CT molecular complexity index is 1320. The number of hydrogen-bond acceptors (Lipinski definition) is 8. The van der Waals surface area contributed by atoms with E-state index in [-0.39, 0.29) is 30.0 Å². The fraction of sp³-hybridized carbons (Fsp3) is 0.158. The quantitative estimate of drug-likeness (QED) is 0.453. The molecule has 2 atom stereocenters. The lowest BCUT2D eigenvalue weighted by Gasteiger charge is -2.16. The van der Waals surface area contributed by atoms with Crippen LogP contribution in [0.1, 0.15) is 13.3 Å². The van der Waals surface area contributed by atoms with Gasteiger partial charge in [-0.15, -0.1) is 11.3 Å². The van der Waals surface area contributed by atoms with Crippen molar-refractivity contribution in [1.29, 1.82) is 5.26 Å². The first-order valence-electron chi connectivity index (χ1n) is 9.29. The first kappa shape index (κ1) is 18.6. The highest BCUT2D eigenvalue weighted by Crippen LogP contribution is 2.38. The van der Waals surface area contributed by atoms with Crippen LogP contribution in [-0.4, -0.2) is 44.1 Å². The molecule has 1 aliphatic heterocycles. The molecule has 7 nitrogen and oxygen atoms in total. The number of phenols is 1. The van der Waals surface area contributed by atoms with E-state index in [9.17, 15) is 15.0 Å². The number of rotatable bonds is 5. The van der Waals surface area contributed by atoms with Crippen molar-refractivity contribution in [3.8, 4) is 17.6 Å². The van der Waals surface area contributed by atoms with Gasteiger partial charge in [0.2, 0.25) is 0 Å². The molecule has 30 heavy (non-hydrogen) atoms. The number of thiazole rings is 1. The Morgan fingerprint density at radius 2 is 2.07 bits per heavy atom. The normalized spacial score (nSPS) is 19.2. The number of benzene rings is 2. The van der Waals surface area contributed by atoms with E-state index in [0.29, 0.717) is 35.0 Å². The second-order valence-electron chi connectivity index (χ2n) is 6.08. The highest BCUT2D eigenvalue weighted by molar-refractivity contribution is 9.11. The third kappa shape index (κ3) is 4.18. The van der Waals surface area contributed by atoms with Crippen LogP contribution in [0.5, 0.6) is 11.5 Å². The van der Waals surface area contributed by atoms with Crippen LogP contribution in [0.15, 0.2) is 44.2 Å². The van der Waals surface area contributed by atoms with Gasteiger partial charge in [0.25, 0.3) is 0 Å². The van der Waals surface area contributed by atoms with Gasteiger partial charge in [-0.25, -0.2) is 9.78 Å². The third-order valence-corrected chi connectivity index (χ3v) is 7.59. The first-order chi connectivity index (χ1) is 15.2. The van der Waals surface area contributed by atoms with Crippen LogP contribution in [0.4, 0.5) is 0 Å². The fourth-order valence-electron chi connectivity index (χ4n) is 2.71. The maximum absolute atomic E-state index is 11.8. The van der Waals surface area contributed by atoms with Crippen molar-refractivity contribution in [2.24, 2.45) is 4.99 Å². The summed E-state index contributed by atoms with van der Waals surface area (Å²) < 4.78 is 23.2. The van der Waals surface area contributed by atoms with Crippen LogP contribution in [0, 0.1) is 11.3 Å². The van der Waals surface area contributed by atoms with Crippen LogP contribution < -0.4 is 4.74 Å². The number of fused-ring (bicyclic) bond motifs is 1. The van der Waals surface area contributed by atoms with Crippen molar-refractivity contribution in [2.75, 3.05) is 6.61 Å². The minimum absolute atomic E-state index is 0.0317. The van der Waals surface area contributed by atoms with Gasteiger partial charge in [0.1, 0.15) is 28.2 Å². The lowest BCUT2D eigenvalue weighted by Crippen LogP contribution is -2.31. The molecule has 4 rings (SSSR count). The standard InChI is InChI=1S/C19H11Br2N3O4S2/c20-10-3-8(6-22)4-11(21)16(10)28-7-14-15(19(26)27)24-18(30-14)17-23-12-2-1-9(25)5-13(12)29-17/h1-5,14-15,25H,7H2,(H,26,27)/i1D,2D. The van der Waals surface area contributed by atoms with Gasteiger partial charge in [-0.1, -0.05) is 11.8 Å². The van der Waals surface area contributed by atoms with Gasteiger partial charge in [0.15, 0.2) is 6.04 Å². The lowest BCUT2D eigenvalue weighted by molar-refractivity contribution is -0.138. The zero-order valence-corrected chi connectivity index (χ0v) is 19.5. The van der Waals surface area contributed by atoms with Crippen LogP contribution in [0.2, 0.25) is 0 Å². The van der Waals surface area contributed by atoms with E-state index in [1.54, 1.807) is 12.1 Å². The molecule has 152 valence electrons. The molecule has 2 heterocycles. The van der Waals surface area contributed by atoms with Crippen molar-refractivity contribution < 1.29 is 22.5 Å². The number of phenolic OH excluding ortho intramolecular Hbond substituents is 1. The number of halogens is 2. The molecular weight excluding hydrogens is 558 g/mol. The number of aliphatic carboxylic acids is 1. The molecule has 0 saturated heterocycles. The Morgan fingerprint density at radius 1 is 1.33 bits per heavy atom. The number of carbonyl (C=O) groups is 1. The number of aromatic nitrogens is 1. The summed E-state index contributed by atoms with van der Waals surface area (Å²) in [5, 5.41) is 28.8. The molecule has 0 radical (unpaired) electrons. The van der Waals surface area contributed by atoms with E-state index in [0.717, 1.165) is 0 Å². The molecule has 0 saturated carbocycles. The molecule has 11 heteroatoms. The average Bonchev–Trinajstić information content (AvgIpc) is 3.36. The molecular formula is C19H11Br2N3O4S2. The van der Waals surface area contributed by atoms with Crippen molar-refractivity contribution in [3.63, 3.8) is 0 Å². The van der Waals surface area contributed by atoms with E-state index >= 15 is 0 Å². The summed E-state index contributed by atoms with van der Waals surface area (Å²) in [6.45, 7) is 0.0317. The predicted molar refractivity (Wildman–Crippen MR) is 123 cm³/mol. The topological polar surface area (TPSA) is 116 Å². The smallest absolute Gasteiger partial charge is 0.329 e. The Balaban J connectivity index is 1.59. The number of thioether (sulfide) groups is 1. The average molecular weight is 571 g/mol. The van der Waals surface area contributed by atoms with Gasteiger partial charge in [-0.3, -0.25) is 4.99 Å². The summed E-state index contributed by atoms with van der Waals surface area (Å²) in [6.07, 6.45) is 0. The fourth-order valence-corrected chi connectivity index (χ4v) is 6.30. The summed E-state index contributed by atoms with van der Waals surface area (Å²) >= 11 is 9.09. The molecule has 0 aliphatic carbocycles. The van der Waals surface area contributed by atoms with E-state index < -0.39 is 17.3 Å². The van der Waals surface area contributed by atoms with Gasteiger partial charge < -0.3 is 14.9 Å². The van der Waals surface area contributed by atoms with Crippen LogP contribution in [-0.2, 0) is 4.79 Å². The summed E-state index contributed by atoms with van der Waals surface area (Å²) in [7, 11) is 0. The SMILES string of the molecule is [2H]c1c(O)cc2sc(C3=NC(C(=O)O)C(COc4c(Br)cc(C#N)cc4Br)S3)nc2c1[2H]. The molecule has 2 aromatic carbocycles. The van der Waals surface area contributed by atoms with Gasteiger partial charge in [-0.05, 0) is 62.1 Å². The molecule has 0 spiro atoms. The van der Waals surface area contributed by atoms with E-state index in [1.807, 2.05) is 6.07 Å². The van der Waals surface area contributed by atoms with Gasteiger partial charge in [-0.2, -0.15) is 5.26 Å². The molecule has 2 unspecified atom stereocenters. The van der Waals surface area contributed by atoms with E-state index in [4.69, 9.17) is 12.7 Å². The zero-order valence-electron chi connectivity index (χ0n) is 16.7. The number of nitriles is 1. The number of carboxylic acids is 1. The predicted octanol–water partition coefficient (Wildman–Crippen LogP) is 4.79. The van der Waals surface area contributed by atoms with E-state index in [1.165, 1.54) is 29.2 Å². The molecule has 2 N–H and O–H groups in total. The van der Waals surface area contributed by atoms with E-state index in [2.05, 4.69) is 41.8 Å². The summed E-state index contributed by atoms with van der Waals surface area (Å²) in [5.74, 6) is -0.973. The van der Waals surface area contributed by atoms with Crippen molar-refractivity contribution >= 4 is 76.2 Å². The number of aliphatic imine (C=N–C) groups is 1. The van der Waals surface area contributed by atoms with Gasteiger partial charge in [0, 0.05) is 0 Å².